The lowest BCUT2D eigenvalue weighted by Crippen LogP contribution is -2.48. The van der Waals surface area contributed by atoms with Crippen LogP contribution >= 0.6 is 0 Å². The monoisotopic (exact) mass is 212 g/mol. The standard InChI is InChI=1S/C11H20N2O2/c14-11(15)13-10-7-3-6-9(10)12-8-4-1-2-5-8/h8-10,12-13H,1-7H2,(H,14,15). The third kappa shape index (κ3) is 2.84. The van der Waals surface area contributed by atoms with Gasteiger partial charge in [0, 0.05) is 18.1 Å². The van der Waals surface area contributed by atoms with Crippen LogP contribution in [0.4, 0.5) is 4.79 Å². The van der Waals surface area contributed by atoms with E-state index in [0.29, 0.717) is 12.1 Å². The predicted molar refractivity (Wildman–Crippen MR) is 58.0 cm³/mol. The third-order valence-electron chi connectivity index (χ3n) is 3.63. The lowest BCUT2D eigenvalue weighted by Gasteiger charge is -2.24. The number of hydrogen-bond donors (Lipinski definition) is 3. The third-order valence-corrected chi connectivity index (χ3v) is 3.63. The molecule has 2 fully saturated rings. The molecule has 2 aliphatic carbocycles. The first-order valence-corrected chi connectivity index (χ1v) is 6.01. The highest BCUT2D eigenvalue weighted by Crippen LogP contribution is 2.24. The van der Waals surface area contributed by atoms with Gasteiger partial charge in [-0.2, -0.15) is 0 Å². The molecule has 0 radical (unpaired) electrons. The number of carboxylic acid groups (broad SMARTS) is 1. The average Bonchev–Trinajstić information content (AvgIpc) is 2.78. The highest BCUT2D eigenvalue weighted by atomic mass is 16.4. The van der Waals surface area contributed by atoms with Crippen LogP contribution in [0.5, 0.6) is 0 Å². The minimum absolute atomic E-state index is 0.128. The predicted octanol–water partition coefficient (Wildman–Crippen LogP) is 1.71. The zero-order chi connectivity index (χ0) is 10.7. The van der Waals surface area contributed by atoms with E-state index in [0.717, 1.165) is 19.3 Å². The van der Waals surface area contributed by atoms with Crippen LogP contribution in [0.2, 0.25) is 0 Å². The molecule has 2 unspecified atom stereocenters. The largest absolute Gasteiger partial charge is 0.465 e. The maximum Gasteiger partial charge on any atom is 0.404 e. The normalized spacial score (nSPS) is 32.0. The molecule has 0 bridgehead atoms. The highest BCUT2D eigenvalue weighted by Gasteiger charge is 2.30. The summed E-state index contributed by atoms with van der Waals surface area (Å²) in [5.41, 5.74) is 0. The lowest BCUT2D eigenvalue weighted by atomic mass is 10.1. The lowest BCUT2D eigenvalue weighted by molar-refractivity contribution is 0.187. The summed E-state index contributed by atoms with van der Waals surface area (Å²) in [6.45, 7) is 0. The van der Waals surface area contributed by atoms with Crippen molar-refractivity contribution in [3.63, 3.8) is 0 Å². The Morgan fingerprint density at radius 2 is 1.67 bits per heavy atom. The van der Waals surface area contributed by atoms with Gasteiger partial charge in [0.1, 0.15) is 0 Å². The zero-order valence-corrected chi connectivity index (χ0v) is 9.04. The average molecular weight is 212 g/mol. The maximum absolute atomic E-state index is 10.6. The first-order chi connectivity index (χ1) is 7.25. The van der Waals surface area contributed by atoms with Crippen molar-refractivity contribution in [1.29, 1.82) is 0 Å². The van der Waals surface area contributed by atoms with Crippen LogP contribution in [0.1, 0.15) is 44.9 Å². The summed E-state index contributed by atoms with van der Waals surface area (Å²) < 4.78 is 0. The van der Waals surface area contributed by atoms with E-state index in [1.807, 2.05) is 0 Å². The van der Waals surface area contributed by atoms with E-state index in [1.165, 1.54) is 25.7 Å². The Morgan fingerprint density at radius 3 is 2.33 bits per heavy atom. The molecule has 2 aliphatic rings. The molecule has 3 N–H and O–H groups in total. The second-order valence-electron chi connectivity index (χ2n) is 4.74. The van der Waals surface area contributed by atoms with Gasteiger partial charge in [-0.25, -0.2) is 4.79 Å². The van der Waals surface area contributed by atoms with Crippen LogP contribution < -0.4 is 10.6 Å². The molecule has 2 saturated carbocycles. The van der Waals surface area contributed by atoms with E-state index in [4.69, 9.17) is 5.11 Å². The molecular weight excluding hydrogens is 192 g/mol. The summed E-state index contributed by atoms with van der Waals surface area (Å²) in [6, 6.07) is 1.12. The van der Waals surface area contributed by atoms with Crippen LogP contribution in [0.25, 0.3) is 0 Å². The van der Waals surface area contributed by atoms with Gasteiger partial charge in [-0.15, -0.1) is 0 Å². The molecule has 2 rings (SSSR count). The Morgan fingerprint density at radius 1 is 1.00 bits per heavy atom. The van der Waals surface area contributed by atoms with Gasteiger partial charge in [0.25, 0.3) is 0 Å². The van der Waals surface area contributed by atoms with Crippen molar-refractivity contribution in [2.45, 2.75) is 63.1 Å². The van der Waals surface area contributed by atoms with Crippen molar-refractivity contribution in [2.75, 3.05) is 0 Å². The summed E-state index contributed by atoms with van der Waals surface area (Å²) in [5, 5.41) is 14.9. The van der Waals surface area contributed by atoms with Crippen LogP contribution in [0.3, 0.4) is 0 Å². The van der Waals surface area contributed by atoms with Gasteiger partial charge in [0.15, 0.2) is 0 Å². The SMILES string of the molecule is O=C(O)NC1CCCC1NC1CCCC1. The van der Waals surface area contributed by atoms with E-state index in [9.17, 15) is 4.79 Å². The topological polar surface area (TPSA) is 61.4 Å². The maximum atomic E-state index is 10.6. The van der Waals surface area contributed by atoms with Crippen molar-refractivity contribution in [1.82, 2.24) is 10.6 Å². The number of rotatable bonds is 3. The number of carbonyl (C=O) groups is 1. The first kappa shape index (κ1) is 10.7. The Balaban J connectivity index is 1.81. The summed E-state index contributed by atoms with van der Waals surface area (Å²) >= 11 is 0. The molecular formula is C11H20N2O2. The highest BCUT2D eigenvalue weighted by molar-refractivity contribution is 5.65. The smallest absolute Gasteiger partial charge is 0.404 e. The van der Waals surface area contributed by atoms with Gasteiger partial charge in [-0.05, 0) is 32.1 Å². The molecule has 4 heteroatoms. The summed E-state index contributed by atoms with van der Waals surface area (Å²) in [4.78, 5) is 10.6. The molecule has 0 aromatic carbocycles. The zero-order valence-electron chi connectivity index (χ0n) is 9.04. The fraction of sp³-hybridized carbons (Fsp3) is 0.909. The van der Waals surface area contributed by atoms with E-state index in [1.54, 1.807) is 0 Å². The molecule has 2 atom stereocenters. The summed E-state index contributed by atoms with van der Waals surface area (Å²) in [7, 11) is 0. The number of hydrogen-bond acceptors (Lipinski definition) is 2. The second-order valence-corrected chi connectivity index (χ2v) is 4.74. The summed E-state index contributed by atoms with van der Waals surface area (Å²) in [5.74, 6) is 0. The Labute approximate surface area is 90.4 Å². The van der Waals surface area contributed by atoms with Crippen LogP contribution in [0, 0.1) is 0 Å². The van der Waals surface area contributed by atoms with Crippen molar-refractivity contribution >= 4 is 6.09 Å². The minimum Gasteiger partial charge on any atom is -0.465 e. The number of nitrogens with one attached hydrogen (secondary N) is 2. The van der Waals surface area contributed by atoms with Crippen LogP contribution in [-0.4, -0.2) is 29.3 Å². The van der Waals surface area contributed by atoms with E-state index in [-0.39, 0.29) is 6.04 Å². The quantitative estimate of drug-likeness (QED) is 0.667. The van der Waals surface area contributed by atoms with E-state index >= 15 is 0 Å². The van der Waals surface area contributed by atoms with Gasteiger partial charge in [0.2, 0.25) is 0 Å². The molecule has 0 aromatic heterocycles. The van der Waals surface area contributed by atoms with Crippen molar-refractivity contribution < 1.29 is 9.90 Å². The fourth-order valence-electron chi connectivity index (χ4n) is 2.89. The molecule has 0 aliphatic heterocycles. The van der Waals surface area contributed by atoms with Gasteiger partial charge < -0.3 is 15.7 Å². The van der Waals surface area contributed by atoms with Crippen LogP contribution in [0.15, 0.2) is 0 Å². The molecule has 0 saturated heterocycles. The van der Waals surface area contributed by atoms with Gasteiger partial charge in [-0.1, -0.05) is 12.8 Å². The molecule has 0 spiro atoms. The fourth-order valence-corrected chi connectivity index (χ4v) is 2.89. The molecule has 15 heavy (non-hydrogen) atoms. The Kier molecular flexibility index (Phi) is 3.46. The van der Waals surface area contributed by atoms with Gasteiger partial charge in [0.05, 0.1) is 0 Å². The van der Waals surface area contributed by atoms with Gasteiger partial charge in [-0.3, -0.25) is 0 Å². The van der Waals surface area contributed by atoms with Crippen molar-refractivity contribution in [2.24, 2.45) is 0 Å². The van der Waals surface area contributed by atoms with Crippen LogP contribution in [-0.2, 0) is 0 Å². The molecule has 0 aromatic rings. The van der Waals surface area contributed by atoms with E-state index < -0.39 is 6.09 Å². The molecule has 1 amide bonds. The number of amides is 1. The Hall–Kier alpha value is -0.770. The molecule has 86 valence electrons. The van der Waals surface area contributed by atoms with E-state index in [2.05, 4.69) is 10.6 Å². The molecule has 4 nitrogen and oxygen atoms in total. The van der Waals surface area contributed by atoms with Gasteiger partial charge >= 0.3 is 6.09 Å². The second kappa shape index (κ2) is 4.84. The summed E-state index contributed by atoms with van der Waals surface area (Å²) in [6.07, 6.45) is 7.50. The minimum atomic E-state index is -0.889. The first-order valence-electron chi connectivity index (χ1n) is 6.01. The van der Waals surface area contributed by atoms with Crippen molar-refractivity contribution in [3.8, 4) is 0 Å². The van der Waals surface area contributed by atoms with Crippen molar-refractivity contribution in [3.05, 3.63) is 0 Å². The Bertz CT molecular complexity index is 227. The molecule has 0 heterocycles.